The molecule has 3 nitrogen and oxygen atoms in total. The van der Waals surface area contributed by atoms with Gasteiger partial charge in [0.15, 0.2) is 0 Å². The van der Waals surface area contributed by atoms with E-state index < -0.39 is 0 Å². The Labute approximate surface area is 133 Å². The number of aryl methyl sites for hydroxylation is 2. The van der Waals surface area contributed by atoms with Crippen LogP contribution in [0.15, 0.2) is 42.5 Å². The quantitative estimate of drug-likeness (QED) is 0.845. The summed E-state index contributed by atoms with van der Waals surface area (Å²) in [7, 11) is 1.68. The molecule has 0 radical (unpaired) electrons. The first kappa shape index (κ1) is 16.4. The van der Waals surface area contributed by atoms with Crippen LogP contribution in [0.3, 0.4) is 0 Å². The van der Waals surface area contributed by atoms with Crippen LogP contribution < -0.4 is 15.2 Å². The molecule has 22 heavy (non-hydrogen) atoms. The molecule has 0 saturated carbocycles. The summed E-state index contributed by atoms with van der Waals surface area (Å²) in [5, 5.41) is 0. The molecule has 0 spiro atoms. The zero-order valence-corrected chi connectivity index (χ0v) is 13.6. The number of hydrogen-bond donors (Lipinski definition) is 1. The molecule has 0 heterocycles. The molecule has 0 aliphatic rings. The van der Waals surface area contributed by atoms with Crippen LogP contribution in [0.1, 0.15) is 29.0 Å². The van der Waals surface area contributed by atoms with Gasteiger partial charge in [-0.2, -0.15) is 0 Å². The molecule has 0 aliphatic carbocycles. The number of benzene rings is 2. The van der Waals surface area contributed by atoms with Gasteiger partial charge in [0.2, 0.25) is 0 Å². The standard InChI is InChI=1S/C19H25NO2/c1-14-7-8-15(2)19(11-14)22-10-9-17(13-20)16-5-4-6-18(12-16)21-3/h4-8,11-12,17H,9-10,13,20H2,1-3H3. The SMILES string of the molecule is COc1cccc(C(CN)CCOc2cc(C)ccc2C)c1. The fraction of sp³-hybridized carbons (Fsp3) is 0.368. The number of hydrogen-bond acceptors (Lipinski definition) is 3. The van der Waals surface area contributed by atoms with Crippen LogP contribution in [-0.4, -0.2) is 20.3 Å². The van der Waals surface area contributed by atoms with Gasteiger partial charge in [0, 0.05) is 0 Å². The van der Waals surface area contributed by atoms with Crippen LogP contribution >= 0.6 is 0 Å². The van der Waals surface area contributed by atoms with Gasteiger partial charge in [-0.3, -0.25) is 0 Å². The lowest BCUT2D eigenvalue weighted by Gasteiger charge is -2.17. The van der Waals surface area contributed by atoms with Gasteiger partial charge in [-0.25, -0.2) is 0 Å². The Kier molecular flexibility index (Phi) is 5.84. The Morgan fingerprint density at radius 3 is 2.64 bits per heavy atom. The summed E-state index contributed by atoms with van der Waals surface area (Å²) in [5.41, 5.74) is 9.51. The smallest absolute Gasteiger partial charge is 0.122 e. The molecule has 1 unspecified atom stereocenters. The molecule has 118 valence electrons. The number of rotatable bonds is 7. The fourth-order valence-electron chi connectivity index (χ4n) is 2.49. The third kappa shape index (κ3) is 4.25. The van der Waals surface area contributed by atoms with E-state index in [2.05, 4.69) is 44.2 Å². The van der Waals surface area contributed by atoms with Gasteiger partial charge >= 0.3 is 0 Å². The Bertz CT molecular complexity index is 610. The van der Waals surface area contributed by atoms with Crippen molar-refractivity contribution >= 4 is 0 Å². The molecule has 0 fully saturated rings. The average Bonchev–Trinajstić information content (AvgIpc) is 2.54. The van der Waals surface area contributed by atoms with Gasteiger partial charge in [-0.1, -0.05) is 24.3 Å². The number of ether oxygens (including phenoxy) is 2. The monoisotopic (exact) mass is 299 g/mol. The summed E-state index contributed by atoms with van der Waals surface area (Å²) in [6, 6.07) is 14.4. The van der Waals surface area contributed by atoms with Gasteiger partial charge in [0.05, 0.1) is 13.7 Å². The lowest BCUT2D eigenvalue weighted by atomic mass is 9.96. The summed E-state index contributed by atoms with van der Waals surface area (Å²) in [6.45, 7) is 5.40. The van der Waals surface area contributed by atoms with Crippen molar-refractivity contribution in [2.75, 3.05) is 20.3 Å². The summed E-state index contributed by atoms with van der Waals surface area (Å²) in [6.07, 6.45) is 0.886. The van der Waals surface area contributed by atoms with E-state index in [9.17, 15) is 0 Å². The molecule has 0 bridgehead atoms. The van der Waals surface area contributed by atoms with E-state index in [4.69, 9.17) is 15.2 Å². The van der Waals surface area contributed by atoms with Crippen molar-refractivity contribution in [3.63, 3.8) is 0 Å². The van der Waals surface area contributed by atoms with Crippen LogP contribution in [0.2, 0.25) is 0 Å². The second kappa shape index (κ2) is 7.85. The van der Waals surface area contributed by atoms with Crippen LogP contribution in [0.5, 0.6) is 11.5 Å². The maximum atomic E-state index is 5.94. The fourth-order valence-corrected chi connectivity index (χ4v) is 2.49. The molecule has 3 heteroatoms. The van der Waals surface area contributed by atoms with Gasteiger partial charge in [-0.05, 0) is 67.6 Å². The van der Waals surface area contributed by atoms with Crippen LogP contribution in [0.4, 0.5) is 0 Å². The normalized spacial score (nSPS) is 12.0. The molecular formula is C19H25NO2. The van der Waals surface area contributed by atoms with E-state index in [0.29, 0.717) is 13.2 Å². The highest BCUT2D eigenvalue weighted by molar-refractivity contribution is 5.36. The highest BCUT2D eigenvalue weighted by Crippen LogP contribution is 2.24. The highest BCUT2D eigenvalue weighted by Gasteiger charge is 2.11. The second-order valence-corrected chi connectivity index (χ2v) is 5.62. The number of methoxy groups -OCH3 is 1. The van der Waals surface area contributed by atoms with Crippen molar-refractivity contribution in [3.8, 4) is 11.5 Å². The molecule has 0 amide bonds. The first-order chi connectivity index (χ1) is 10.6. The van der Waals surface area contributed by atoms with Crippen molar-refractivity contribution in [1.29, 1.82) is 0 Å². The Hall–Kier alpha value is -2.00. The summed E-state index contributed by atoms with van der Waals surface area (Å²) >= 11 is 0. The van der Waals surface area contributed by atoms with E-state index in [-0.39, 0.29) is 5.92 Å². The maximum absolute atomic E-state index is 5.94. The van der Waals surface area contributed by atoms with Crippen LogP contribution in [-0.2, 0) is 0 Å². The lowest BCUT2D eigenvalue weighted by molar-refractivity contribution is 0.296. The van der Waals surface area contributed by atoms with Crippen molar-refractivity contribution < 1.29 is 9.47 Å². The summed E-state index contributed by atoms with van der Waals surface area (Å²) < 4.78 is 11.2. The van der Waals surface area contributed by atoms with Crippen LogP contribution in [0, 0.1) is 13.8 Å². The predicted octanol–water partition coefficient (Wildman–Crippen LogP) is 3.82. The Morgan fingerprint density at radius 1 is 1.09 bits per heavy atom. The van der Waals surface area contributed by atoms with Crippen molar-refractivity contribution in [2.24, 2.45) is 5.73 Å². The summed E-state index contributed by atoms with van der Waals surface area (Å²) in [4.78, 5) is 0. The molecule has 2 aromatic carbocycles. The predicted molar refractivity (Wildman–Crippen MR) is 90.8 cm³/mol. The third-order valence-electron chi connectivity index (χ3n) is 3.92. The minimum Gasteiger partial charge on any atom is -0.497 e. The maximum Gasteiger partial charge on any atom is 0.122 e. The summed E-state index contributed by atoms with van der Waals surface area (Å²) in [5.74, 6) is 2.10. The highest BCUT2D eigenvalue weighted by atomic mass is 16.5. The van der Waals surface area contributed by atoms with Crippen molar-refractivity contribution in [3.05, 3.63) is 59.2 Å². The van der Waals surface area contributed by atoms with E-state index in [1.807, 2.05) is 12.1 Å². The minimum atomic E-state index is 0.278. The van der Waals surface area contributed by atoms with Gasteiger partial charge in [0.25, 0.3) is 0 Å². The van der Waals surface area contributed by atoms with E-state index in [1.54, 1.807) is 7.11 Å². The molecule has 0 saturated heterocycles. The topological polar surface area (TPSA) is 44.5 Å². The minimum absolute atomic E-state index is 0.278. The Balaban J connectivity index is 1.97. The van der Waals surface area contributed by atoms with Gasteiger partial charge in [0.1, 0.15) is 11.5 Å². The number of nitrogens with two attached hydrogens (primary N) is 1. The molecule has 0 aliphatic heterocycles. The van der Waals surface area contributed by atoms with E-state index >= 15 is 0 Å². The molecule has 0 aromatic heterocycles. The zero-order chi connectivity index (χ0) is 15.9. The Morgan fingerprint density at radius 2 is 1.91 bits per heavy atom. The third-order valence-corrected chi connectivity index (χ3v) is 3.92. The second-order valence-electron chi connectivity index (χ2n) is 5.62. The van der Waals surface area contributed by atoms with E-state index in [1.165, 1.54) is 11.1 Å². The first-order valence-corrected chi connectivity index (χ1v) is 7.68. The van der Waals surface area contributed by atoms with Gasteiger partial charge < -0.3 is 15.2 Å². The largest absolute Gasteiger partial charge is 0.497 e. The zero-order valence-electron chi connectivity index (χ0n) is 13.6. The van der Waals surface area contributed by atoms with Gasteiger partial charge in [-0.15, -0.1) is 0 Å². The van der Waals surface area contributed by atoms with Crippen molar-refractivity contribution in [2.45, 2.75) is 26.2 Å². The molecule has 2 aromatic rings. The lowest BCUT2D eigenvalue weighted by Crippen LogP contribution is -2.16. The molecule has 2 rings (SSSR count). The molecule has 2 N–H and O–H groups in total. The van der Waals surface area contributed by atoms with E-state index in [0.717, 1.165) is 23.5 Å². The molecular weight excluding hydrogens is 274 g/mol. The average molecular weight is 299 g/mol. The van der Waals surface area contributed by atoms with Crippen molar-refractivity contribution in [1.82, 2.24) is 0 Å². The van der Waals surface area contributed by atoms with Crippen LogP contribution in [0.25, 0.3) is 0 Å². The first-order valence-electron chi connectivity index (χ1n) is 7.68. The molecule has 1 atom stereocenters.